The zero-order valence-corrected chi connectivity index (χ0v) is 13.0. The van der Waals surface area contributed by atoms with Crippen molar-refractivity contribution < 1.29 is 0 Å². The van der Waals surface area contributed by atoms with Gasteiger partial charge in [0.2, 0.25) is 0 Å². The predicted molar refractivity (Wildman–Crippen MR) is 82.6 cm³/mol. The van der Waals surface area contributed by atoms with Crippen molar-refractivity contribution in [3.05, 3.63) is 50.3 Å². The number of nitrogens with two attached hydrogens (primary N) is 1. The maximum absolute atomic E-state index is 6.24. The summed E-state index contributed by atoms with van der Waals surface area (Å²) in [6.07, 6.45) is 3.61. The van der Waals surface area contributed by atoms with E-state index < -0.39 is 0 Å². The highest BCUT2D eigenvalue weighted by Gasteiger charge is 2.11. The molecule has 0 amide bonds. The van der Waals surface area contributed by atoms with E-state index in [2.05, 4.69) is 27.7 Å². The highest BCUT2D eigenvalue weighted by atomic mass is 127. The van der Waals surface area contributed by atoms with Gasteiger partial charge in [0.05, 0.1) is 0 Å². The largest absolute Gasteiger partial charge is 0.324 e. The maximum Gasteiger partial charge on any atom is 0.0492 e. The molecule has 1 heterocycles. The average molecular weight is 376 g/mol. The molecule has 96 valence electrons. The van der Waals surface area contributed by atoms with Crippen LogP contribution in [-0.2, 0) is 13.5 Å². The van der Waals surface area contributed by atoms with E-state index in [-0.39, 0.29) is 6.04 Å². The number of hydrogen-bond acceptors (Lipinski definition) is 2. The Morgan fingerprint density at radius 2 is 2.22 bits per heavy atom. The molecule has 0 aliphatic heterocycles. The molecule has 0 bridgehead atoms. The first-order valence-corrected chi connectivity index (χ1v) is 7.21. The van der Waals surface area contributed by atoms with Gasteiger partial charge in [-0.1, -0.05) is 11.6 Å². The summed E-state index contributed by atoms with van der Waals surface area (Å²) in [7, 11) is 1.95. The lowest BCUT2D eigenvalue weighted by atomic mass is 10.0. The van der Waals surface area contributed by atoms with Gasteiger partial charge in [0, 0.05) is 33.6 Å². The van der Waals surface area contributed by atoms with Crippen LogP contribution in [0, 0.1) is 3.57 Å². The van der Waals surface area contributed by atoms with Crippen molar-refractivity contribution in [2.24, 2.45) is 12.8 Å². The second kappa shape index (κ2) is 6.04. The number of benzene rings is 1. The summed E-state index contributed by atoms with van der Waals surface area (Å²) in [4.78, 5) is 0. The molecule has 3 nitrogen and oxygen atoms in total. The Bertz CT molecular complexity index is 539. The van der Waals surface area contributed by atoms with Crippen molar-refractivity contribution in [2.45, 2.75) is 18.9 Å². The number of hydrogen-bond donors (Lipinski definition) is 1. The molecule has 0 spiro atoms. The first-order chi connectivity index (χ1) is 8.58. The predicted octanol–water partition coefficient (Wildman–Crippen LogP) is 3.31. The Hall–Kier alpha value is -0.590. The van der Waals surface area contributed by atoms with Gasteiger partial charge in [-0.15, -0.1) is 0 Å². The molecule has 1 aromatic heterocycles. The number of aromatic nitrogens is 2. The molecule has 2 rings (SSSR count). The molecule has 2 N–H and O–H groups in total. The van der Waals surface area contributed by atoms with Crippen molar-refractivity contribution >= 4 is 34.2 Å². The van der Waals surface area contributed by atoms with Crippen LogP contribution in [0.4, 0.5) is 0 Å². The average Bonchev–Trinajstić information content (AvgIpc) is 2.75. The standard InChI is InChI=1S/C13H15ClIN3/c1-18-10(6-7-17-18)3-5-13(16)11-8-9(14)2-4-12(11)15/h2,4,6-8,13H,3,5,16H2,1H3. The molecular weight excluding hydrogens is 361 g/mol. The van der Waals surface area contributed by atoms with E-state index in [1.54, 1.807) is 0 Å². The van der Waals surface area contributed by atoms with Crippen molar-refractivity contribution in [3.63, 3.8) is 0 Å². The summed E-state index contributed by atoms with van der Waals surface area (Å²) in [5.74, 6) is 0. The lowest BCUT2D eigenvalue weighted by molar-refractivity contribution is 0.612. The fraction of sp³-hybridized carbons (Fsp3) is 0.308. The molecule has 0 aliphatic rings. The Labute approximate surface area is 125 Å². The summed E-state index contributed by atoms with van der Waals surface area (Å²) in [5, 5.41) is 4.89. The van der Waals surface area contributed by atoms with Gasteiger partial charge in [0.15, 0.2) is 0 Å². The second-order valence-corrected chi connectivity index (χ2v) is 5.86. The molecule has 0 aliphatic carbocycles. The zero-order valence-electron chi connectivity index (χ0n) is 10.1. The van der Waals surface area contributed by atoms with Crippen molar-refractivity contribution in [1.29, 1.82) is 0 Å². The van der Waals surface area contributed by atoms with Crippen LogP contribution >= 0.6 is 34.2 Å². The molecule has 0 radical (unpaired) electrons. The minimum atomic E-state index is 0.00509. The number of aryl methyl sites for hydroxylation is 2. The molecular formula is C13H15ClIN3. The fourth-order valence-corrected chi connectivity index (χ4v) is 2.82. The third-order valence-corrected chi connectivity index (χ3v) is 4.21. The summed E-state index contributed by atoms with van der Waals surface area (Å²) in [5.41, 5.74) is 8.55. The number of rotatable bonds is 4. The highest BCUT2D eigenvalue weighted by Crippen LogP contribution is 2.25. The maximum atomic E-state index is 6.24. The van der Waals surface area contributed by atoms with Crippen LogP contribution in [0.25, 0.3) is 0 Å². The molecule has 0 fully saturated rings. The summed E-state index contributed by atoms with van der Waals surface area (Å²) < 4.78 is 3.05. The van der Waals surface area contributed by atoms with Gasteiger partial charge in [-0.2, -0.15) is 5.10 Å². The van der Waals surface area contributed by atoms with Crippen LogP contribution < -0.4 is 5.73 Å². The van der Waals surface area contributed by atoms with Gasteiger partial charge in [0.1, 0.15) is 0 Å². The fourth-order valence-electron chi connectivity index (χ4n) is 1.90. The third-order valence-electron chi connectivity index (χ3n) is 2.99. The minimum absolute atomic E-state index is 0.00509. The quantitative estimate of drug-likeness (QED) is 0.833. The Balaban J connectivity index is 2.06. The molecule has 0 saturated carbocycles. The highest BCUT2D eigenvalue weighted by molar-refractivity contribution is 14.1. The van der Waals surface area contributed by atoms with Crippen molar-refractivity contribution in [3.8, 4) is 0 Å². The molecule has 1 unspecified atom stereocenters. The zero-order chi connectivity index (χ0) is 13.1. The van der Waals surface area contributed by atoms with Gasteiger partial charge in [-0.05, 0) is 65.3 Å². The van der Waals surface area contributed by atoms with Crippen LogP contribution in [0.5, 0.6) is 0 Å². The second-order valence-electron chi connectivity index (χ2n) is 4.26. The Morgan fingerprint density at radius 3 is 2.89 bits per heavy atom. The summed E-state index contributed by atoms with van der Waals surface area (Å²) >= 11 is 8.31. The Kier molecular flexibility index (Phi) is 4.64. The van der Waals surface area contributed by atoms with Crippen LogP contribution in [0.3, 0.4) is 0 Å². The van der Waals surface area contributed by atoms with E-state index in [1.807, 2.05) is 42.2 Å². The molecule has 18 heavy (non-hydrogen) atoms. The lowest BCUT2D eigenvalue weighted by Crippen LogP contribution is -2.13. The minimum Gasteiger partial charge on any atom is -0.324 e. The molecule has 2 aromatic rings. The lowest BCUT2D eigenvalue weighted by Gasteiger charge is -2.14. The van der Waals surface area contributed by atoms with Crippen LogP contribution in [0.2, 0.25) is 5.02 Å². The number of halogens is 2. The summed E-state index contributed by atoms with van der Waals surface area (Å²) in [6, 6.07) is 7.88. The first-order valence-electron chi connectivity index (χ1n) is 5.75. The van der Waals surface area contributed by atoms with E-state index in [1.165, 1.54) is 5.69 Å². The van der Waals surface area contributed by atoms with Gasteiger partial charge in [0.25, 0.3) is 0 Å². The van der Waals surface area contributed by atoms with Crippen molar-refractivity contribution in [2.75, 3.05) is 0 Å². The molecule has 1 aromatic carbocycles. The van der Waals surface area contributed by atoms with Gasteiger partial charge in [-0.25, -0.2) is 0 Å². The van der Waals surface area contributed by atoms with Crippen LogP contribution in [0.1, 0.15) is 23.7 Å². The normalized spacial score (nSPS) is 12.7. The van der Waals surface area contributed by atoms with E-state index in [9.17, 15) is 0 Å². The monoisotopic (exact) mass is 375 g/mol. The SMILES string of the molecule is Cn1nccc1CCC(N)c1cc(Cl)ccc1I. The summed E-state index contributed by atoms with van der Waals surface area (Å²) in [6.45, 7) is 0. The van der Waals surface area contributed by atoms with E-state index >= 15 is 0 Å². The first kappa shape index (κ1) is 13.8. The van der Waals surface area contributed by atoms with E-state index in [4.69, 9.17) is 17.3 Å². The smallest absolute Gasteiger partial charge is 0.0492 e. The number of nitrogens with zero attached hydrogens (tertiary/aromatic N) is 2. The van der Waals surface area contributed by atoms with Crippen LogP contribution in [0.15, 0.2) is 30.5 Å². The third kappa shape index (κ3) is 3.24. The Morgan fingerprint density at radius 1 is 1.44 bits per heavy atom. The molecule has 5 heteroatoms. The molecule has 1 atom stereocenters. The van der Waals surface area contributed by atoms with Crippen LogP contribution in [-0.4, -0.2) is 9.78 Å². The van der Waals surface area contributed by atoms with E-state index in [0.717, 1.165) is 27.0 Å². The van der Waals surface area contributed by atoms with Gasteiger partial charge in [-0.3, -0.25) is 4.68 Å². The van der Waals surface area contributed by atoms with Crippen molar-refractivity contribution in [1.82, 2.24) is 9.78 Å². The van der Waals surface area contributed by atoms with Gasteiger partial charge >= 0.3 is 0 Å². The van der Waals surface area contributed by atoms with Gasteiger partial charge < -0.3 is 5.73 Å². The molecule has 0 saturated heterocycles. The topological polar surface area (TPSA) is 43.8 Å². The van der Waals surface area contributed by atoms with E-state index in [0.29, 0.717) is 0 Å².